The molecule has 0 saturated heterocycles. The molecule has 29 heavy (non-hydrogen) atoms. The summed E-state index contributed by atoms with van der Waals surface area (Å²) in [5.41, 5.74) is 1.79. The van der Waals surface area contributed by atoms with E-state index in [0.29, 0.717) is 42.8 Å². The van der Waals surface area contributed by atoms with Crippen molar-refractivity contribution in [1.29, 1.82) is 0 Å². The summed E-state index contributed by atoms with van der Waals surface area (Å²) < 4.78 is 5.28. The van der Waals surface area contributed by atoms with Crippen molar-refractivity contribution in [2.75, 3.05) is 13.1 Å². The molecule has 10 heteroatoms. The summed E-state index contributed by atoms with van der Waals surface area (Å²) in [4.78, 5) is 17.8. The lowest BCUT2D eigenvalue weighted by molar-refractivity contribution is 0.421. The van der Waals surface area contributed by atoms with Gasteiger partial charge < -0.3 is 15.2 Å². The summed E-state index contributed by atoms with van der Waals surface area (Å²) in [5.74, 6) is 2.25. The number of nitrogens with one attached hydrogen (secondary N) is 2. The van der Waals surface area contributed by atoms with Crippen LogP contribution in [0.25, 0.3) is 11.6 Å². The van der Waals surface area contributed by atoms with Crippen LogP contribution >= 0.6 is 35.3 Å². The van der Waals surface area contributed by atoms with Crippen molar-refractivity contribution in [2.45, 2.75) is 39.7 Å². The van der Waals surface area contributed by atoms with Gasteiger partial charge >= 0.3 is 0 Å². The van der Waals surface area contributed by atoms with Crippen LogP contribution < -0.4 is 10.6 Å². The first kappa shape index (κ1) is 23.2. The maximum atomic E-state index is 5.28. The molecule has 0 radical (unpaired) electrons. The fourth-order valence-electron chi connectivity index (χ4n) is 2.39. The molecule has 0 bridgehead atoms. The fourth-order valence-corrected chi connectivity index (χ4v) is 3.27. The number of hydrogen-bond acceptors (Lipinski definition) is 7. The smallest absolute Gasteiger partial charge is 0.276 e. The Balaban J connectivity index is 0.00000300. The van der Waals surface area contributed by atoms with Crippen LogP contribution in [0, 0.1) is 0 Å². The Morgan fingerprint density at radius 3 is 2.79 bits per heavy atom. The molecular weight excluding hydrogens is 501 g/mol. The third kappa shape index (κ3) is 7.03. The number of hydrogen-bond donors (Lipinski definition) is 2. The molecular formula is C19H26IN7OS. The van der Waals surface area contributed by atoms with E-state index in [1.165, 1.54) is 0 Å². The number of pyridine rings is 1. The van der Waals surface area contributed by atoms with Crippen molar-refractivity contribution < 1.29 is 4.52 Å². The van der Waals surface area contributed by atoms with E-state index in [4.69, 9.17) is 4.52 Å². The third-order valence-electron chi connectivity index (χ3n) is 3.87. The lowest BCUT2D eigenvalue weighted by Crippen LogP contribution is -2.38. The normalized spacial score (nSPS) is 11.4. The van der Waals surface area contributed by atoms with Crippen LogP contribution in [0.3, 0.4) is 0 Å². The number of nitrogens with zero attached hydrogens (tertiary/aromatic N) is 5. The van der Waals surface area contributed by atoms with Crippen LogP contribution in [0.4, 0.5) is 0 Å². The zero-order valence-electron chi connectivity index (χ0n) is 16.8. The van der Waals surface area contributed by atoms with Gasteiger partial charge in [-0.15, -0.1) is 35.3 Å². The number of halogens is 1. The highest BCUT2D eigenvalue weighted by Crippen LogP contribution is 2.18. The molecule has 0 spiro atoms. The van der Waals surface area contributed by atoms with E-state index in [9.17, 15) is 0 Å². The molecule has 2 N–H and O–H groups in total. The predicted octanol–water partition coefficient (Wildman–Crippen LogP) is 3.63. The lowest BCUT2D eigenvalue weighted by atomic mass is 10.2. The molecule has 0 aliphatic carbocycles. The quantitative estimate of drug-likeness (QED) is 0.262. The highest BCUT2D eigenvalue weighted by molar-refractivity contribution is 14.0. The second kappa shape index (κ2) is 11.8. The van der Waals surface area contributed by atoms with Crippen molar-refractivity contribution in [1.82, 2.24) is 30.7 Å². The number of rotatable bonds is 8. The van der Waals surface area contributed by atoms with Gasteiger partial charge in [-0.1, -0.05) is 25.1 Å². The molecule has 0 saturated carbocycles. The second-order valence-electron chi connectivity index (χ2n) is 6.42. The average Bonchev–Trinajstić information content (AvgIpc) is 3.37. The van der Waals surface area contributed by atoms with E-state index >= 15 is 0 Å². The van der Waals surface area contributed by atoms with E-state index in [2.05, 4.69) is 55.0 Å². The first-order chi connectivity index (χ1) is 13.7. The Morgan fingerprint density at radius 1 is 1.24 bits per heavy atom. The van der Waals surface area contributed by atoms with Gasteiger partial charge in [0.15, 0.2) is 11.8 Å². The first-order valence-electron chi connectivity index (χ1n) is 9.36. The topological polar surface area (TPSA) is 101 Å². The lowest BCUT2D eigenvalue weighted by Gasteiger charge is -2.09. The number of guanidine groups is 1. The predicted molar refractivity (Wildman–Crippen MR) is 126 cm³/mol. The highest BCUT2D eigenvalue weighted by atomic mass is 127. The van der Waals surface area contributed by atoms with Gasteiger partial charge in [0.25, 0.3) is 5.89 Å². The van der Waals surface area contributed by atoms with Gasteiger partial charge in [0.05, 0.1) is 12.2 Å². The largest absolute Gasteiger partial charge is 0.357 e. The molecule has 156 valence electrons. The summed E-state index contributed by atoms with van der Waals surface area (Å²) >= 11 is 1.65. The summed E-state index contributed by atoms with van der Waals surface area (Å²) in [5, 5.41) is 13.7. The molecule has 0 aliphatic heterocycles. The van der Waals surface area contributed by atoms with Crippen molar-refractivity contribution >= 4 is 41.3 Å². The number of aliphatic imine (C=N–C) groups is 1. The first-order valence-corrected chi connectivity index (χ1v) is 10.2. The molecule has 0 atom stereocenters. The summed E-state index contributed by atoms with van der Waals surface area (Å²) in [6, 6.07) is 5.58. The molecule has 0 aliphatic rings. The summed E-state index contributed by atoms with van der Waals surface area (Å²) in [6.45, 7) is 8.31. The molecule has 3 rings (SSSR count). The molecule has 0 aromatic carbocycles. The van der Waals surface area contributed by atoms with Crippen LogP contribution in [0.15, 0.2) is 39.3 Å². The monoisotopic (exact) mass is 527 g/mol. The van der Waals surface area contributed by atoms with Crippen molar-refractivity contribution in [3.05, 3.63) is 46.3 Å². The van der Waals surface area contributed by atoms with Crippen molar-refractivity contribution in [2.24, 2.45) is 4.99 Å². The Kier molecular flexibility index (Phi) is 9.45. The van der Waals surface area contributed by atoms with E-state index in [-0.39, 0.29) is 24.0 Å². The van der Waals surface area contributed by atoms with Crippen LogP contribution in [-0.2, 0) is 13.0 Å². The summed E-state index contributed by atoms with van der Waals surface area (Å²) in [7, 11) is 0. The highest BCUT2D eigenvalue weighted by Gasteiger charge is 2.10. The van der Waals surface area contributed by atoms with Crippen LogP contribution in [-0.4, -0.2) is 39.2 Å². The van der Waals surface area contributed by atoms with Gasteiger partial charge in [0, 0.05) is 31.1 Å². The zero-order valence-corrected chi connectivity index (χ0v) is 19.9. The molecule has 3 aromatic rings. The van der Waals surface area contributed by atoms with Gasteiger partial charge in [-0.2, -0.15) is 4.98 Å². The Morgan fingerprint density at radius 2 is 2.10 bits per heavy atom. The Hall–Kier alpha value is -2.08. The molecule has 0 fully saturated rings. The minimum atomic E-state index is 0. The van der Waals surface area contributed by atoms with Crippen molar-refractivity contribution in [3.8, 4) is 11.6 Å². The molecule has 8 nitrogen and oxygen atoms in total. The molecule has 0 amide bonds. The van der Waals surface area contributed by atoms with Crippen molar-refractivity contribution in [3.63, 3.8) is 0 Å². The van der Waals surface area contributed by atoms with E-state index in [0.717, 1.165) is 23.2 Å². The van der Waals surface area contributed by atoms with Crippen LogP contribution in [0.5, 0.6) is 0 Å². The SMILES string of the molecule is CCNC(=NCc1nc(C(C)C)cs1)NCCc1noc(-c2ccccn2)n1.I. The molecule has 3 heterocycles. The van der Waals surface area contributed by atoms with Gasteiger partial charge in [0.1, 0.15) is 10.7 Å². The van der Waals surface area contributed by atoms with Crippen LogP contribution in [0.1, 0.15) is 43.2 Å². The minimum absolute atomic E-state index is 0. The third-order valence-corrected chi connectivity index (χ3v) is 4.72. The molecule has 0 unspecified atom stereocenters. The fraction of sp³-hybridized carbons (Fsp3) is 0.421. The molecule has 3 aromatic heterocycles. The van der Waals surface area contributed by atoms with Crippen LogP contribution in [0.2, 0.25) is 0 Å². The number of thiazole rings is 1. The van der Waals surface area contributed by atoms with Gasteiger partial charge in [-0.25, -0.2) is 9.98 Å². The number of aromatic nitrogens is 4. The Labute approximate surface area is 191 Å². The minimum Gasteiger partial charge on any atom is -0.357 e. The van der Waals surface area contributed by atoms with E-state index < -0.39 is 0 Å². The summed E-state index contributed by atoms with van der Waals surface area (Å²) in [6.07, 6.45) is 2.32. The van der Waals surface area contributed by atoms with Gasteiger partial charge in [0.2, 0.25) is 0 Å². The van der Waals surface area contributed by atoms with E-state index in [1.807, 2.05) is 25.1 Å². The second-order valence-corrected chi connectivity index (χ2v) is 7.37. The maximum Gasteiger partial charge on any atom is 0.276 e. The average molecular weight is 527 g/mol. The zero-order chi connectivity index (χ0) is 19.8. The standard InChI is InChI=1S/C19H25N7OS.HI/c1-4-20-19(23-11-17-24-15(12-28-17)13(2)3)22-10-8-16-25-18(27-26-16)14-7-5-6-9-21-14;/h5-7,9,12-13H,4,8,10-11H2,1-3H3,(H2,20,22,23);1H. The van der Waals surface area contributed by atoms with Gasteiger partial charge in [-0.3, -0.25) is 4.98 Å². The maximum absolute atomic E-state index is 5.28. The van der Waals surface area contributed by atoms with Gasteiger partial charge in [-0.05, 0) is 25.0 Å². The Bertz CT molecular complexity index is 895. The van der Waals surface area contributed by atoms with E-state index in [1.54, 1.807) is 17.5 Å².